The van der Waals surface area contributed by atoms with E-state index in [4.69, 9.17) is 19.9 Å². The number of alkyl carbamates (subject to hydrolysis) is 2. The van der Waals surface area contributed by atoms with Gasteiger partial charge < -0.3 is 57.0 Å². The number of methoxy groups -OCH3 is 1. The van der Waals surface area contributed by atoms with Gasteiger partial charge in [0.25, 0.3) is 11.8 Å². The topological polar surface area (TPSA) is 266 Å². The first kappa shape index (κ1) is 55.6. The molecule has 372 valence electrons. The van der Waals surface area contributed by atoms with Gasteiger partial charge in [0.15, 0.2) is 6.17 Å². The summed E-state index contributed by atoms with van der Waals surface area (Å²) in [6, 6.07) is 17.4. The average molecular weight is 946 g/mol. The molecule has 18 heteroatoms. The van der Waals surface area contributed by atoms with Gasteiger partial charge in [0, 0.05) is 18.7 Å². The van der Waals surface area contributed by atoms with Gasteiger partial charge in [-0.2, -0.15) is 0 Å². The van der Waals surface area contributed by atoms with Crippen molar-refractivity contribution in [3.05, 3.63) is 89.5 Å². The second-order valence-corrected chi connectivity index (χ2v) is 18.4. The predicted molar refractivity (Wildman–Crippen MR) is 257 cm³/mol. The number of aliphatic carboxylic acids is 1. The third-order valence-electron chi connectivity index (χ3n) is 10.2. The Bertz CT molecular complexity index is 2120. The number of aryl methyl sites for hydroxylation is 1. The zero-order valence-electron chi connectivity index (χ0n) is 40.6. The summed E-state index contributed by atoms with van der Waals surface area (Å²) < 4.78 is 15.8. The fraction of sp³-hybridized carbons (Fsp3) is 0.500. The zero-order chi connectivity index (χ0) is 50.4. The van der Waals surface area contributed by atoms with Gasteiger partial charge in [-0.25, -0.2) is 14.4 Å². The highest BCUT2D eigenvalue weighted by Gasteiger charge is 2.31. The molecule has 4 atom stereocenters. The number of carbonyl (C=O) groups excluding carboxylic acids is 6. The van der Waals surface area contributed by atoms with Crippen LogP contribution in [0.1, 0.15) is 127 Å². The van der Waals surface area contributed by atoms with Crippen molar-refractivity contribution in [1.29, 1.82) is 0 Å². The molecule has 18 nitrogen and oxygen atoms in total. The number of hydrogen-bond acceptors (Lipinski definition) is 11. The molecule has 0 aromatic heterocycles. The van der Waals surface area contributed by atoms with Crippen molar-refractivity contribution in [2.45, 2.75) is 142 Å². The van der Waals surface area contributed by atoms with E-state index in [1.54, 1.807) is 65.8 Å². The van der Waals surface area contributed by atoms with Gasteiger partial charge in [-0.1, -0.05) is 61.9 Å². The lowest BCUT2D eigenvalue weighted by atomic mass is 10.0. The Balaban J connectivity index is 1.77. The SMILES string of the molecule is CCCCc1ccc(-c2ccc(C(=O)N[C@@H](CCCCNC(=O)OC(C)(C)C)C(=O)NC(C(=O)N[C@@H](N)C(=O)N[C@@H](CCCCNC(=O)OC(C)(C)C)C(=O)O)c3ccc(OC)cc3)cc2)cc1. The van der Waals surface area contributed by atoms with Gasteiger partial charge in [-0.05, 0) is 139 Å². The molecule has 0 heterocycles. The van der Waals surface area contributed by atoms with E-state index in [0.717, 1.165) is 30.4 Å². The third kappa shape index (κ3) is 20.4. The Hall–Kier alpha value is -6.69. The van der Waals surface area contributed by atoms with Crippen LogP contribution < -0.4 is 42.4 Å². The number of nitrogens with two attached hydrogens (primary N) is 1. The van der Waals surface area contributed by atoms with E-state index >= 15 is 0 Å². The van der Waals surface area contributed by atoms with Gasteiger partial charge in [0.1, 0.15) is 35.1 Å². The lowest BCUT2D eigenvalue weighted by molar-refractivity contribution is -0.142. The maximum Gasteiger partial charge on any atom is 0.407 e. The molecule has 3 aromatic rings. The first-order chi connectivity index (χ1) is 32.1. The Kier molecular flexibility index (Phi) is 22.3. The largest absolute Gasteiger partial charge is 0.497 e. The van der Waals surface area contributed by atoms with E-state index in [2.05, 4.69) is 51.0 Å². The number of amides is 6. The fourth-order valence-corrected chi connectivity index (χ4v) is 6.69. The van der Waals surface area contributed by atoms with E-state index in [1.807, 2.05) is 24.3 Å². The van der Waals surface area contributed by atoms with Gasteiger partial charge in [-0.3, -0.25) is 19.2 Å². The lowest BCUT2D eigenvalue weighted by Crippen LogP contribution is -2.58. The second kappa shape index (κ2) is 27.2. The van der Waals surface area contributed by atoms with Crippen LogP contribution in [0, 0.1) is 0 Å². The molecule has 1 unspecified atom stereocenters. The number of carbonyl (C=O) groups is 7. The minimum Gasteiger partial charge on any atom is -0.497 e. The quantitative estimate of drug-likeness (QED) is 0.0358. The van der Waals surface area contributed by atoms with Crippen LogP contribution in [0.15, 0.2) is 72.8 Å². The summed E-state index contributed by atoms with van der Waals surface area (Å²) in [4.78, 5) is 91.4. The van der Waals surface area contributed by atoms with Crippen LogP contribution >= 0.6 is 0 Å². The van der Waals surface area contributed by atoms with Crippen LogP contribution in [-0.4, -0.2) is 96.5 Å². The normalized spacial score (nSPS) is 13.1. The van der Waals surface area contributed by atoms with Crippen molar-refractivity contribution in [1.82, 2.24) is 31.9 Å². The molecule has 0 aliphatic carbocycles. The van der Waals surface area contributed by atoms with Gasteiger partial charge in [-0.15, -0.1) is 0 Å². The molecule has 0 fully saturated rings. The lowest BCUT2D eigenvalue weighted by Gasteiger charge is -2.25. The van der Waals surface area contributed by atoms with Gasteiger partial charge in [0.2, 0.25) is 11.8 Å². The maximum absolute atomic E-state index is 14.2. The Morgan fingerprint density at radius 1 is 0.603 bits per heavy atom. The van der Waals surface area contributed by atoms with Crippen LogP contribution in [0.3, 0.4) is 0 Å². The minimum atomic E-state index is -1.74. The summed E-state index contributed by atoms with van der Waals surface area (Å²) in [5.74, 6) is -4.08. The average Bonchev–Trinajstić information content (AvgIpc) is 3.27. The summed E-state index contributed by atoms with van der Waals surface area (Å²) >= 11 is 0. The fourth-order valence-electron chi connectivity index (χ4n) is 6.69. The first-order valence-electron chi connectivity index (χ1n) is 23.1. The summed E-state index contributed by atoms with van der Waals surface area (Å²) in [7, 11) is 1.46. The minimum absolute atomic E-state index is 0.0103. The third-order valence-corrected chi connectivity index (χ3v) is 10.2. The van der Waals surface area contributed by atoms with Crippen molar-refractivity contribution in [3.63, 3.8) is 0 Å². The predicted octanol–water partition coefficient (Wildman–Crippen LogP) is 6.02. The summed E-state index contributed by atoms with van der Waals surface area (Å²) in [6.07, 6.45) is 1.80. The number of unbranched alkanes of at least 4 members (excludes halogenated alkanes) is 3. The summed E-state index contributed by atoms with van der Waals surface area (Å²) in [5, 5.41) is 25.3. The smallest absolute Gasteiger partial charge is 0.407 e. The first-order valence-corrected chi connectivity index (χ1v) is 23.1. The number of ether oxygens (including phenoxy) is 3. The van der Waals surface area contributed by atoms with Crippen molar-refractivity contribution >= 4 is 41.8 Å². The summed E-state index contributed by atoms with van der Waals surface area (Å²) in [5.41, 5.74) is 8.42. The van der Waals surface area contributed by atoms with Gasteiger partial charge >= 0.3 is 18.2 Å². The molecule has 6 amide bonds. The highest BCUT2D eigenvalue weighted by Crippen LogP contribution is 2.22. The molecule has 0 spiro atoms. The van der Waals surface area contributed by atoms with Crippen molar-refractivity contribution in [2.75, 3.05) is 20.2 Å². The van der Waals surface area contributed by atoms with Crippen LogP contribution in [0.25, 0.3) is 11.1 Å². The number of nitrogens with one attached hydrogen (secondary N) is 6. The van der Waals surface area contributed by atoms with E-state index in [1.165, 1.54) is 24.8 Å². The highest BCUT2D eigenvalue weighted by atomic mass is 16.6. The molecular formula is C50H71N7O11. The van der Waals surface area contributed by atoms with Crippen molar-refractivity contribution in [2.24, 2.45) is 5.73 Å². The Labute approximate surface area is 399 Å². The molecule has 0 bridgehead atoms. The highest BCUT2D eigenvalue weighted by molar-refractivity contribution is 5.99. The van der Waals surface area contributed by atoms with E-state index in [0.29, 0.717) is 31.4 Å². The van der Waals surface area contributed by atoms with Crippen molar-refractivity contribution < 1.29 is 52.9 Å². The monoisotopic (exact) mass is 946 g/mol. The Morgan fingerprint density at radius 3 is 1.60 bits per heavy atom. The molecule has 0 radical (unpaired) electrons. The van der Waals surface area contributed by atoms with Crippen molar-refractivity contribution in [3.8, 4) is 16.9 Å². The van der Waals surface area contributed by atoms with Crippen LogP contribution in [0.5, 0.6) is 5.75 Å². The van der Waals surface area contributed by atoms with Gasteiger partial charge in [0.05, 0.1) is 7.11 Å². The maximum atomic E-state index is 14.2. The Morgan fingerprint density at radius 2 is 1.12 bits per heavy atom. The molecule has 68 heavy (non-hydrogen) atoms. The molecule has 3 rings (SSSR count). The number of rotatable bonds is 25. The number of carboxylic acids is 1. The number of carboxylic acid groups (broad SMARTS) is 1. The van der Waals surface area contributed by atoms with Crippen LogP contribution in [0.4, 0.5) is 9.59 Å². The number of hydrogen-bond donors (Lipinski definition) is 8. The molecular weight excluding hydrogens is 875 g/mol. The molecule has 0 aliphatic heterocycles. The van der Waals surface area contributed by atoms with Crippen LogP contribution in [0.2, 0.25) is 0 Å². The molecule has 9 N–H and O–H groups in total. The molecule has 0 saturated heterocycles. The van der Waals surface area contributed by atoms with Crippen LogP contribution in [-0.2, 0) is 35.1 Å². The molecule has 3 aromatic carbocycles. The number of benzene rings is 3. The van der Waals surface area contributed by atoms with E-state index < -0.39 is 77.3 Å². The molecule has 0 saturated carbocycles. The standard InChI is InChI=1S/C50H71N7O11/c1-9-10-15-32-18-20-33(21-19-32)34-22-24-36(25-23-34)42(58)54-38(16-11-13-30-52-47(64)67-49(2,3)4)43(59)56-40(35-26-28-37(66-8)29-27-35)44(60)57-41(51)45(61)55-39(46(62)63)17-12-14-31-53-48(65)68-50(5,6)7/h18-29,38-41H,9-17,30-31,51H2,1-8H3,(H,52,64)(H,53,65)(H,54,58)(H,55,61)(H,56,59)(H,57,60)(H,62,63)/t38-,39-,40?,41+/m0/s1. The van der Waals surface area contributed by atoms with E-state index in [-0.39, 0.29) is 37.1 Å². The van der Waals surface area contributed by atoms with E-state index in [9.17, 15) is 38.7 Å². The summed E-state index contributed by atoms with van der Waals surface area (Å²) in [6.45, 7) is 13.0. The second-order valence-electron chi connectivity index (χ2n) is 18.4. The molecule has 0 aliphatic rings. The zero-order valence-corrected chi connectivity index (χ0v) is 40.6.